The summed E-state index contributed by atoms with van der Waals surface area (Å²) < 4.78 is 35.8. The molecular weight excluding hydrogens is 282 g/mol. The van der Waals surface area contributed by atoms with E-state index in [1.54, 1.807) is 0 Å². The van der Waals surface area contributed by atoms with Gasteiger partial charge in [0.05, 0.1) is 31.8 Å². The first-order valence-corrected chi connectivity index (χ1v) is 8.45. The monoisotopic (exact) mass is 310 g/mol. The van der Waals surface area contributed by atoms with Gasteiger partial charge in [-0.15, -0.1) is 0 Å². The largest absolute Gasteiger partial charge is 0.459 e. The van der Waals surface area contributed by atoms with E-state index in [4.69, 9.17) is 9.29 Å². The third-order valence-electron chi connectivity index (χ3n) is 3.53. The molecule has 0 aromatic heterocycles. The Kier molecular flexibility index (Phi) is 7.13. The van der Waals surface area contributed by atoms with Gasteiger partial charge in [0.15, 0.2) is 0 Å². The van der Waals surface area contributed by atoms with Crippen LogP contribution in [0.1, 0.15) is 33.6 Å². The summed E-state index contributed by atoms with van der Waals surface area (Å²) in [5, 5.41) is 0. The van der Waals surface area contributed by atoms with E-state index >= 15 is 0 Å². The van der Waals surface area contributed by atoms with Crippen molar-refractivity contribution >= 4 is 16.1 Å². The molecule has 0 amide bonds. The first kappa shape index (κ1) is 19.3. The van der Waals surface area contributed by atoms with Crippen LogP contribution in [-0.4, -0.2) is 63.0 Å². The molecule has 0 saturated heterocycles. The van der Waals surface area contributed by atoms with E-state index in [-0.39, 0.29) is 11.7 Å². The Morgan fingerprint density at radius 1 is 1.25 bits per heavy atom. The lowest BCUT2D eigenvalue weighted by Crippen LogP contribution is -2.44. The van der Waals surface area contributed by atoms with Gasteiger partial charge in [0.25, 0.3) is 10.1 Å². The number of carbonyl (C=O) groups is 1. The van der Waals surface area contributed by atoms with Gasteiger partial charge in [0, 0.05) is 6.42 Å². The van der Waals surface area contributed by atoms with Crippen molar-refractivity contribution in [2.75, 3.05) is 39.5 Å². The Balaban J connectivity index is 4.08. The summed E-state index contributed by atoms with van der Waals surface area (Å²) in [6, 6.07) is 0. The van der Waals surface area contributed by atoms with Gasteiger partial charge >= 0.3 is 5.97 Å². The number of ether oxygens (including phenoxy) is 1. The maximum Gasteiger partial charge on any atom is 0.311 e. The molecule has 0 aromatic rings. The van der Waals surface area contributed by atoms with Gasteiger partial charge in [0.2, 0.25) is 0 Å². The fourth-order valence-electron chi connectivity index (χ4n) is 1.51. The van der Waals surface area contributed by atoms with Crippen LogP contribution >= 0.6 is 0 Å². The van der Waals surface area contributed by atoms with Gasteiger partial charge in [-0.3, -0.25) is 9.35 Å². The van der Waals surface area contributed by atoms with E-state index in [0.717, 1.165) is 6.42 Å². The van der Waals surface area contributed by atoms with Crippen LogP contribution in [0.3, 0.4) is 0 Å². The van der Waals surface area contributed by atoms with Crippen LogP contribution < -0.4 is 0 Å². The van der Waals surface area contributed by atoms with E-state index in [0.29, 0.717) is 30.6 Å². The zero-order valence-corrected chi connectivity index (χ0v) is 14.0. The number of likely N-dealkylation sites (N-methyl/N-ethyl adjacent to an activating group) is 1. The van der Waals surface area contributed by atoms with Crippen LogP contribution in [-0.2, 0) is 19.6 Å². The number of hydrogen-bond acceptors (Lipinski definition) is 4. The highest BCUT2D eigenvalue weighted by Crippen LogP contribution is 2.21. The topological polar surface area (TPSA) is 80.7 Å². The number of hydrogen-bond donors (Lipinski definition) is 1. The van der Waals surface area contributed by atoms with E-state index in [9.17, 15) is 13.2 Å². The molecule has 0 aliphatic rings. The molecule has 0 bridgehead atoms. The molecule has 20 heavy (non-hydrogen) atoms. The second-order valence-electron chi connectivity index (χ2n) is 6.40. The third-order valence-corrected chi connectivity index (χ3v) is 4.34. The molecule has 0 aliphatic carbocycles. The highest BCUT2D eigenvalue weighted by molar-refractivity contribution is 7.85. The quantitative estimate of drug-likeness (QED) is 0.395. The van der Waals surface area contributed by atoms with Gasteiger partial charge in [-0.05, 0) is 20.3 Å². The summed E-state index contributed by atoms with van der Waals surface area (Å²) in [7, 11) is -0.0320. The van der Waals surface area contributed by atoms with Crippen molar-refractivity contribution in [1.29, 1.82) is 0 Å². The molecule has 0 aliphatic heterocycles. The van der Waals surface area contributed by atoms with Crippen LogP contribution in [0.5, 0.6) is 0 Å². The van der Waals surface area contributed by atoms with Crippen LogP contribution in [0, 0.1) is 5.41 Å². The average Bonchev–Trinajstić information content (AvgIpc) is 2.26. The molecular formula is C13H28NO5S+. The molecule has 1 N–H and O–H groups in total. The summed E-state index contributed by atoms with van der Waals surface area (Å²) in [5.41, 5.74) is -0.470. The van der Waals surface area contributed by atoms with Crippen molar-refractivity contribution in [2.24, 2.45) is 5.41 Å². The van der Waals surface area contributed by atoms with Crippen molar-refractivity contribution in [2.45, 2.75) is 33.6 Å². The summed E-state index contributed by atoms with van der Waals surface area (Å²) >= 11 is 0. The second kappa shape index (κ2) is 7.38. The minimum Gasteiger partial charge on any atom is -0.459 e. The standard InChI is InChI=1S/C13H27NO5S/c1-6-13(2,3)12(15)19-10-9-14(4,5)8-7-11-20(16,17)18/h6-11H2,1-5H3/p+1. The zero-order valence-electron chi connectivity index (χ0n) is 13.2. The van der Waals surface area contributed by atoms with Gasteiger partial charge in [-0.25, -0.2) is 0 Å². The predicted octanol–water partition coefficient (Wildman–Crippen LogP) is 1.32. The Hall–Kier alpha value is -0.660. The lowest BCUT2D eigenvalue weighted by Gasteiger charge is -2.30. The number of rotatable bonds is 9. The molecule has 0 spiro atoms. The highest BCUT2D eigenvalue weighted by atomic mass is 32.2. The smallest absolute Gasteiger partial charge is 0.311 e. The normalized spacial score (nSPS) is 13.3. The van der Waals surface area contributed by atoms with E-state index in [2.05, 4.69) is 0 Å². The third kappa shape index (κ3) is 8.50. The summed E-state index contributed by atoms with van der Waals surface area (Å²) in [6.07, 6.45) is 1.10. The minimum atomic E-state index is -3.90. The maximum absolute atomic E-state index is 11.8. The molecule has 0 fully saturated rings. The van der Waals surface area contributed by atoms with E-state index in [1.807, 2.05) is 34.9 Å². The molecule has 0 atom stereocenters. The maximum atomic E-state index is 11.8. The SMILES string of the molecule is CCC(C)(C)C(=O)OCC[N+](C)(C)CCCS(=O)(=O)O. The van der Waals surface area contributed by atoms with Gasteiger partial charge < -0.3 is 9.22 Å². The number of carbonyl (C=O) groups excluding carboxylic acids is 1. The Labute approximate surface area is 122 Å². The second-order valence-corrected chi connectivity index (χ2v) is 7.97. The lowest BCUT2D eigenvalue weighted by atomic mass is 9.91. The van der Waals surface area contributed by atoms with Crippen LogP contribution in [0.25, 0.3) is 0 Å². The Morgan fingerprint density at radius 2 is 1.80 bits per heavy atom. The molecule has 6 nitrogen and oxygen atoms in total. The summed E-state index contributed by atoms with van der Waals surface area (Å²) in [6.45, 7) is 7.14. The van der Waals surface area contributed by atoms with E-state index in [1.165, 1.54) is 0 Å². The van der Waals surface area contributed by atoms with Crippen LogP contribution in [0.15, 0.2) is 0 Å². The molecule has 0 radical (unpaired) electrons. The molecule has 0 aromatic carbocycles. The highest BCUT2D eigenvalue weighted by Gasteiger charge is 2.27. The first-order chi connectivity index (χ1) is 8.90. The lowest BCUT2D eigenvalue weighted by molar-refractivity contribution is -0.890. The minimum absolute atomic E-state index is 0.210. The van der Waals surface area contributed by atoms with Gasteiger partial charge in [0.1, 0.15) is 13.2 Å². The first-order valence-electron chi connectivity index (χ1n) is 6.84. The van der Waals surface area contributed by atoms with Gasteiger partial charge in [-0.1, -0.05) is 6.92 Å². The Morgan fingerprint density at radius 3 is 2.25 bits per heavy atom. The average molecular weight is 310 g/mol. The molecule has 0 heterocycles. The molecule has 120 valence electrons. The molecule has 0 rings (SSSR count). The van der Waals surface area contributed by atoms with Crippen LogP contribution in [0.4, 0.5) is 0 Å². The van der Waals surface area contributed by atoms with Gasteiger partial charge in [-0.2, -0.15) is 8.42 Å². The molecule has 7 heteroatoms. The Bertz CT molecular complexity index is 414. The van der Waals surface area contributed by atoms with E-state index < -0.39 is 15.5 Å². The number of esters is 1. The predicted molar refractivity (Wildman–Crippen MR) is 77.9 cm³/mol. The van der Waals surface area contributed by atoms with Crippen molar-refractivity contribution in [3.63, 3.8) is 0 Å². The van der Waals surface area contributed by atoms with Crippen molar-refractivity contribution in [3.8, 4) is 0 Å². The fourth-order valence-corrected chi connectivity index (χ4v) is 2.01. The van der Waals surface area contributed by atoms with Crippen molar-refractivity contribution in [1.82, 2.24) is 0 Å². The molecule has 0 unspecified atom stereocenters. The van der Waals surface area contributed by atoms with Crippen molar-refractivity contribution in [3.05, 3.63) is 0 Å². The number of nitrogens with zero attached hydrogens (tertiary/aromatic N) is 1. The van der Waals surface area contributed by atoms with Crippen LogP contribution in [0.2, 0.25) is 0 Å². The number of quaternary nitrogens is 1. The zero-order chi connectivity index (χ0) is 16.0. The fraction of sp³-hybridized carbons (Fsp3) is 0.923. The summed E-state index contributed by atoms with van der Waals surface area (Å²) in [4.78, 5) is 11.8. The molecule has 0 saturated carbocycles. The van der Waals surface area contributed by atoms with Crippen molar-refractivity contribution < 1.29 is 27.0 Å². The summed E-state index contributed by atoms with van der Waals surface area (Å²) in [5.74, 6) is -0.449.